The quantitative estimate of drug-likeness (QED) is 0.900. The molecule has 0 radical (unpaired) electrons. The highest BCUT2D eigenvalue weighted by atomic mass is 16.5. The zero-order chi connectivity index (χ0) is 15.6. The molecule has 1 fully saturated rings. The molecule has 118 valence electrons. The number of nitrogen functional groups attached to an aromatic ring is 1. The monoisotopic (exact) mass is 292 g/mol. The number of ether oxygens (including phenoxy) is 1. The van der Waals surface area contributed by atoms with E-state index in [1.54, 1.807) is 0 Å². The summed E-state index contributed by atoms with van der Waals surface area (Å²) in [5.74, 6) is 2.60. The van der Waals surface area contributed by atoms with Crippen molar-refractivity contribution < 1.29 is 4.74 Å². The third-order valence-electron chi connectivity index (χ3n) is 3.99. The van der Waals surface area contributed by atoms with E-state index in [1.807, 2.05) is 12.1 Å². The number of hydrogen-bond donors (Lipinski definition) is 1. The van der Waals surface area contributed by atoms with Gasteiger partial charge in [0.15, 0.2) is 0 Å². The smallest absolute Gasteiger partial charge is 0.239 e. The maximum absolute atomic E-state index is 5.96. The molecule has 0 aromatic carbocycles. The summed E-state index contributed by atoms with van der Waals surface area (Å²) in [6.45, 7) is 9.17. The first-order chi connectivity index (χ1) is 9.88. The Morgan fingerprint density at radius 1 is 1.38 bits per heavy atom. The van der Waals surface area contributed by atoms with Crippen molar-refractivity contribution >= 4 is 11.5 Å². The molecule has 1 aliphatic rings. The average molecular weight is 292 g/mol. The fraction of sp³-hybridized carbons (Fsp3) is 0.688. The second-order valence-corrected chi connectivity index (χ2v) is 6.68. The third-order valence-corrected chi connectivity index (χ3v) is 3.99. The molecule has 2 atom stereocenters. The first-order valence-corrected chi connectivity index (χ1v) is 7.69. The number of aromatic nitrogens is 1. The Balaban J connectivity index is 2.12. The van der Waals surface area contributed by atoms with Gasteiger partial charge in [0.05, 0.1) is 12.3 Å². The molecule has 1 saturated heterocycles. The van der Waals surface area contributed by atoms with Gasteiger partial charge in [-0.3, -0.25) is 0 Å². The highest BCUT2D eigenvalue weighted by molar-refractivity contribution is 5.55. The second kappa shape index (κ2) is 6.52. The maximum atomic E-state index is 5.96. The van der Waals surface area contributed by atoms with E-state index in [2.05, 4.69) is 49.7 Å². The van der Waals surface area contributed by atoms with Crippen molar-refractivity contribution in [2.24, 2.45) is 11.8 Å². The predicted octanol–water partition coefficient (Wildman–Crippen LogP) is 2.08. The van der Waals surface area contributed by atoms with Crippen LogP contribution in [0.5, 0.6) is 5.88 Å². The largest absolute Gasteiger partial charge is 0.476 e. The minimum atomic E-state index is 0.458. The van der Waals surface area contributed by atoms with Crippen molar-refractivity contribution in [2.45, 2.75) is 26.8 Å². The molecular weight excluding hydrogens is 264 g/mol. The van der Waals surface area contributed by atoms with Gasteiger partial charge in [-0.15, -0.1) is 0 Å². The van der Waals surface area contributed by atoms with Crippen molar-refractivity contribution in [3.05, 3.63) is 12.1 Å². The van der Waals surface area contributed by atoms with E-state index in [9.17, 15) is 0 Å². The average Bonchev–Trinajstić information content (AvgIpc) is 2.80. The minimum Gasteiger partial charge on any atom is -0.476 e. The van der Waals surface area contributed by atoms with E-state index in [0.717, 1.165) is 18.9 Å². The van der Waals surface area contributed by atoms with Crippen LogP contribution in [0.3, 0.4) is 0 Å². The lowest BCUT2D eigenvalue weighted by molar-refractivity contribution is 0.263. The molecule has 0 aliphatic carbocycles. The number of likely N-dealkylation sites (N-methyl/N-ethyl adjacent to an activating group) is 1. The lowest BCUT2D eigenvalue weighted by Crippen LogP contribution is -2.34. The van der Waals surface area contributed by atoms with E-state index in [4.69, 9.17) is 10.5 Å². The van der Waals surface area contributed by atoms with Crippen LogP contribution >= 0.6 is 0 Å². The van der Waals surface area contributed by atoms with Crippen molar-refractivity contribution in [3.63, 3.8) is 0 Å². The Morgan fingerprint density at radius 3 is 2.67 bits per heavy atom. The van der Waals surface area contributed by atoms with Crippen LogP contribution in [0.15, 0.2) is 12.1 Å². The Bertz CT molecular complexity index is 475. The molecule has 0 spiro atoms. The van der Waals surface area contributed by atoms with E-state index in [-0.39, 0.29) is 0 Å². The van der Waals surface area contributed by atoms with Crippen molar-refractivity contribution in [1.82, 2.24) is 9.88 Å². The zero-order valence-electron chi connectivity index (χ0n) is 13.8. The molecule has 5 nitrogen and oxygen atoms in total. The van der Waals surface area contributed by atoms with Gasteiger partial charge in [-0.2, -0.15) is 4.98 Å². The molecule has 5 heteroatoms. The lowest BCUT2D eigenvalue weighted by atomic mass is 10.1. The Morgan fingerprint density at radius 2 is 2.10 bits per heavy atom. The Kier molecular flexibility index (Phi) is 4.93. The number of nitrogens with two attached hydrogens (primary N) is 1. The van der Waals surface area contributed by atoms with E-state index in [1.165, 1.54) is 0 Å². The molecule has 1 aromatic rings. The number of pyridine rings is 1. The summed E-state index contributed by atoms with van der Waals surface area (Å²) in [6, 6.07) is 4.44. The summed E-state index contributed by atoms with van der Waals surface area (Å²) in [5, 5.41) is 0. The van der Waals surface area contributed by atoms with Crippen LogP contribution in [0.4, 0.5) is 11.5 Å². The first-order valence-electron chi connectivity index (χ1n) is 7.69. The van der Waals surface area contributed by atoms with E-state index in [0.29, 0.717) is 36.1 Å². The standard InChI is InChI=1S/C16H28N4O/c1-11(2)10-21-16-13(17)6-7-15(18-16)20-8-12(3)14(9-20)19(4)5/h6-7,11-12,14H,8-10,17H2,1-5H3. The third kappa shape index (κ3) is 3.79. The zero-order valence-corrected chi connectivity index (χ0v) is 13.8. The van der Waals surface area contributed by atoms with Crippen LogP contribution in [0, 0.1) is 11.8 Å². The molecule has 1 aliphatic heterocycles. The summed E-state index contributed by atoms with van der Waals surface area (Å²) >= 11 is 0. The van der Waals surface area contributed by atoms with Gasteiger partial charge in [0.2, 0.25) is 5.88 Å². The number of hydrogen-bond acceptors (Lipinski definition) is 5. The minimum absolute atomic E-state index is 0.458. The van der Waals surface area contributed by atoms with Gasteiger partial charge >= 0.3 is 0 Å². The predicted molar refractivity (Wildman–Crippen MR) is 87.8 cm³/mol. The highest BCUT2D eigenvalue weighted by Crippen LogP contribution is 2.28. The van der Waals surface area contributed by atoms with Crippen molar-refractivity contribution in [1.29, 1.82) is 0 Å². The molecule has 2 unspecified atom stereocenters. The van der Waals surface area contributed by atoms with Crippen molar-refractivity contribution in [3.8, 4) is 5.88 Å². The number of nitrogens with zero attached hydrogens (tertiary/aromatic N) is 3. The summed E-state index contributed by atoms with van der Waals surface area (Å²) in [6.07, 6.45) is 0. The fourth-order valence-electron chi connectivity index (χ4n) is 2.79. The SMILES string of the molecule is CC(C)COc1nc(N2CC(C)C(N(C)C)C2)ccc1N. The van der Waals surface area contributed by atoms with Crippen LogP contribution in [-0.2, 0) is 0 Å². The highest BCUT2D eigenvalue weighted by Gasteiger charge is 2.31. The van der Waals surface area contributed by atoms with Gasteiger partial charge in [0.25, 0.3) is 0 Å². The summed E-state index contributed by atoms with van der Waals surface area (Å²) in [5.41, 5.74) is 6.57. The van der Waals surface area contributed by atoms with Gasteiger partial charge in [0, 0.05) is 19.1 Å². The first kappa shape index (κ1) is 15.9. The number of anilines is 2. The Hall–Kier alpha value is -1.49. The Labute approximate surface area is 128 Å². The van der Waals surface area contributed by atoms with Crippen LogP contribution in [0.2, 0.25) is 0 Å². The molecule has 2 heterocycles. The molecule has 21 heavy (non-hydrogen) atoms. The van der Waals surface area contributed by atoms with Gasteiger partial charge in [-0.25, -0.2) is 0 Å². The molecule has 2 rings (SSSR count). The fourth-order valence-corrected chi connectivity index (χ4v) is 2.79. The van der Waals surface area contributed by atoms with Crippen molar-refractivity contribution in [2.75, 3.05) is 44.4 Å². The number of rotatable bonds is 5. The van der Waals surface area contributed by atoms with Gasteiger partial charge in [0.1, 0.15) is 5.82 Å². The van der Waals surface area contributed by atoms with Gasteiger partial charge in [-0.05, 0) is 38.1 Å². The second-order valence-electron chi connectivity index (χ2n) is 6.68. The molecule has 0 amide bonds. The van der Waals surface area contributed by atoms with Gasteiger partial charge < -0.3 is 20.3 Å². The van der Waals surface area contributed by atoms with Crippen LogP contribution in [0.25, 0.3) is 0 Å². The van der Waals surface area contributed by atoms with Crippen LogP contribution in [0.1, 0.15) is 20.8 Å². The summed E-state index contributed by atoms with van der Waals surface area (Å²) in [7, 11) is 4.27. The maximum Gasteiger partial charge on any atom is 0.239 e. The molecular formula is C16H28N4O. The van der Waals surface area contributed by atoms with Gasteiger partial charge in [-0.1, -0.05) is 20.8 Å². The summed E-state index contributed by atoms with van der Waals surface area (Å²) < 4.78 is 5.73. The van der Waals surface area contributed by atoms with Crippen LogP contribution < -0.4 is 15.4 Å². The topological polar surface area (TPSA) is 54.6 Å². The molecule has 0 saturated carbocycles. The van der Waals surface area contributed by atoms with Crippen LogP contribution in [-0.4, -0.2) is 49.7 Å². The van der Waals surface area contributed by atoms with E-state index < -0.39 is 0 Å². The molecule has 2 N–H and O–H groups in total. The lowest BCUT2D eigenvalue weighted by Gasteiger charge is -2.23. The summed E-state index contributed by atoms with van der Waals surface area (Å²) in [4.78, 5) is 9.22. The molecule has 0 bridgehead atoms. The normalized spacial score (nSPS) is 22.3. The van der Waals surface area contributed by atoms with E-state index >= 15 is 0 Å². The molecule has 1 aromatic heterocycles.